The summed E-state index contributed by atoms with van der Waals surface area (Å²) in [5, 5.41) is 0.908. The highest BCUT2D eigenvalue weighted by atomic mass is 79.9. The average molecular weight is 409 g/mol. The number of fused-ring (bicyclic) bond motifs is 1. The average Bonchev–Trinajstić information content (AvgIpc) is 3.21. The molecule has 0 saturated carbocycles. The molecular weight excluding hydrogens is 388 g/mol. The molecule has 1 aliphatic rings. The Kier molecular flexibility index (Phi) is 4.77. The molecule has 0 aliphatic carbocycles. The summed E-state index contributed by atoms with van der Waals surface area (Å²) in [6.45, 7) is 3.84. The minimum Gasteiger partial charge on any atom is -0.339 e. The number of nitrogens with zero attached hydrogens (tertiary/aromatic N) is 2. The van der Waals surface area contributed by atoms with E-state index in [2.05, 4.69) is 47.1 Å². The molecule has 1 amide bonds. The van der Waals surface area contributed by atoms with Crippen LogP contribution in [0.2, 0.25) is 0 Å². The molecule has 132 valence electrons. The third-order valence-corrected chi connectivity index (χ3v) is 5.55. The Labute approximate surface area is 162 Å². The minimum atomic E-state index is 0.111. The number of likely N-dealkylation sites (tertiary alicyclic amines) is 1. The third-order valence-electron chi connectivity index (χ3n) is 5.05. The molecule has 3 aromatic rings. The van der Waals surface area contributed by atoms with E-state index in [1.54, 1.807) is 0 Å². The zero-order chi connectivity index (χ0) is 18.1. The predicted octanol–water partition coefficient (Wildman–Crippen LogP) is 5.46. The summed E-state index contributed by atoms with van der Waals surface area (Å²) in [5.41, 5.74) is 4.79. The molecule has 2 heterocycles. The molecule has 3 nitrogen and oxygen atoms in total. The van der Waals surface area contributed by atoms with E-state index in [4.69, 9.17) is 4.98 Å². The molecule has 2 aromatic carbocycles. The van der Waals surface area contributed by atoms with E-state index in [1.165, 1.54) is 5.56 Å². The van der Waals surface area contributed by atoms with Crippen molar-refractivity contribution in [3.05, 3.63) is 64.1 Å². The van der Waals surface area contributed by atoms with E-state index in [0.29, 0.717) is 0 Å². The zero-order valence-corrected chi connectivity index (χ0v) is 16.4. The van der Waals surface area contributed by atoms with E-state index < -0.39 is 0 Å². The number of carbonyl (C=O) groups excluding carboxylic acids is 1. The van der Waals surface area contributed by atoms with Crippen molar-refractivity contribution < 1.29 is 4.79 Å². The summed E-state index contributed by atoms with van der Waals surface area (Å²) in [7, 11) is 0. The molecule has 0 unspecified atom stereocenters. The van der Waals surface area contributed by atoms with Crippen molar-refractivity contribution in [3.63, 3.8) is 0 Å². The Morgan fingerprint density at radius 2 is 1.81 bits per heavy atom. The van der Waals surface area contributed by atoms with Crippen LogP contribution in [-0.2, 0) is 6.42 Å². The van der Waals surface area contributed by atoms with Gasteiger partial charge in [-0.3, -0.25) is 4.79 Å². The lowest BCUT2D eigenvalue weighted by Gasteiger charge is -2.17. The highest BCUT2D eigenvalue weighted by Gasteiger charge is 2.22. The molecule has 1 aromatic heterocycles. The number of rotatable bonds is 3. The van der Waals surface area contributed by atoms with E-state index in [-0.39, 0.29) is 5.91 Å². The van der Waals surface area contributed by atoms with Gasteiger partial charge in [0.05, 0.1) is 16.8 Å². The largest absolute Gasteiger partial charge is 0.339 e. The Morgan fingerprint density at radius 1 is 1.08 bits per heavy atom. The van der Waals surface area contributed by atoms with E-state index in [0.717, 1.165) is 64.5 Å². The smallest absolute Gasteiger partial charge is 0.254 e. The quantitative estimate of drug-likeness (QED) is 0.575. The molecular formula is C22H21BrN2O. The Hall–Kier alpha value is -2.20. The first-order valence-electron chi connectivity index (χ1n) is 9.14. The lowest BCUT2D eigenvalue weighted by atomic mass is 10.0. The number of halogens is 1. The second kappa shape index (κ2) is 7.20. The number of pyridine rings is 1. The van der Waals surface area contributed by atoms with Gasteiger partial charge in [0.25, 0.3) is 5.91 Å². The molecule has 1 aliphatic heterocycles. The van der Waals surface area contributed by atoms with Gasteiger partial charge in [0.2, 0.25) is 0 Å². The van der Waals surface area contributed by atoms with Crippen LogP contribution in [-0.4, -0.2) is 28.9 Å². The highest BCUT2D eigenvalue weighted by Crippen LogP contribution is 2.29. The number of hydrogen-bond donors (Lipinski definition) is 0. The standard InChI is InChI=1S/C22H21BrN2O/c1-2-15-5-7-16(8-6-15)21-14-19(22(26)25-11-3-4-12-25)18-13-17(23)9-10-20(18)24-21/h5-10,13-14H,2-4,11-12H2,1H3. The fourth-order valence-corrected chi connectivity index (χ4v) is 3.89. The van der Waals surface area contributed by atoms with Gasteiger partial charge in [-0.05, 0) is 49.1 Å². The normalized spacial score (nSPS) is 14.2. The van der Waals surface area contributed by atoms with E-state index in [1.807, 2.05) is 29.2 Å². The topological polar surface area (TPSA) is 33.2 Å². The Bertz CT molecular complexity index is 960. The Balaban J connectivity index is 1.86. The molecule has 26 heavy (non-hydrogen) atoms. The Morgan fingerprint density at radius 3 is 2.50 bits per heavy atom. The predicted molar refractivity (Wildman–Crippen MR) is 109 cm³/mol. The fourth-order valence-electron chi connectivity index (χ4n) is 3.52. The van der Waals surface area contributed by atoms with Crippen LogP contribution in [0.5, 0.6) is 0 Å². The van der Waals surface area contributed by atoms with Gasteiger partial charge in [-0.25, -0.2) is 4.98 Å². The monoisotopic (exact) mass is 408 g/mol. The maximum Gasteiger partial charge on any atom is 0.254 e. The van der Waals surface area contributed by atoms with Gasteiger partial charge in [0.15, 0.2) is 0 Å². The molecule has 1 fully saturated rings. The van der Waals surface area contributed by atoms with Crippen molar-refractivity contribution in [3.8, 4) is 11.3 Å². The first-order valence-corrected chi connectivity index (χ1v) is 9.94. The summed E-state index contributed by atoms with van der Waals surface area (Å²) in [6.07, 6.45) is 3.19. The minimum absolute atomic E-state index is 0.111. The summed E-state index contributed by atoms with van der Waals surface area (Å²) in [5.74, 6) is 0.111. The van der Waals surface area contributed by atoms with Gasteiger partial charge in [-0.2, -0.15) is 0 Å². The van der Waals surface area contributed by atoms with Crippen molar-refractivity contribution in [1.29, 1.82) is 0 Å². The van der Waals surface area contributed by atoms with Crippen LogP contribution >= 0.6 is 15.9 Å². The number of benzene rings is 2. The summed E-state index contributed by atoms with van der Waals surface area (Å²) < 4.78 is 0.960. The lowest BCUT2D eigenvalue weighted by molar-refractivity contribution is 0.0794. The van der Waals surface area contributed by atoms with Crippen molar-refractivity contribution >= 4 is 32.7 Å². The molecule has 0 atom stereocenters. The molecule has 0 spiro atoms. The van der Waals surface area contributed by atoms with E-state index in [9.17, 15) is 4.79 Å². The van der Waals surface area contributed by atoms with Crippen LogP contribution in [0.1, 0.15) is 35.7 Å². The fraction of sp³-hybridized carbons (Fsp3) is 0.273. The van der Waals surface area contributed by atoms with Crippen molar-refractivity contribution in [2.45, 2.75) is 26.2 Å². The molecule has 0 bridgehead atoms. The number of hydrogen-bond acceptors (Lipinski definition) is 2. The summed E-state index contributed by atoms with van der Waals surface area (Å²) >= 11 is 3.53. The van der Waals surface area contributed by atoms with Crippen LogP contribution in [0.4, 0.5) is 0 Å². The van der Waals surface area contributed by atoms with Crippen LogP contribution in [0.3, 0.4) is 0 Å². The third kappa shape index (κ3) is 3.26. The number of amides is 1. The van der Waals surface area contributed by atoms with Crippen LogP contribution < -0.4 is 0 Å². The molecule has 4 heteroatoms. The van der Waals surface area contributed by atoms with Gasteiger partial charge in [0.1, 0.15) is 0 Å². The first-order chi connectivity index (χ1) is 12.7. The highest BCUT2D eigenvalue weighted by molar-refractivity contribution is 9.10. The SMILES string of the molecule is CCc1ccc(-c2cc(C(=O)N3CCCC3)c3cc(Br)ccc3n2)cc1. The van der Waals surface area contributed by atoms with Crippen molar-refractivity contribution in [2.75, 3.05) is 13.1 Å². The van der Waals surface area contributed by atoms with Gasteiger partial charge in [0, 0.05) is 28.5 Å². The first kappa shape index (κ1) is 17.2. The number of aryl methyl sites for hydroxylation is 1. The van der Waals surface area contributed by atoms with Gasteiger partial charge >= 0.3 is 0 Å². The number of carbonyl (C=O) groups is 1. The van der Waals surface area contributed by atoms with Crippen LogP contribution in [0, 0.1) is 0 Å². The van der Waals surface area contributed by atoms with Crippen LogP contribution in [0.15, 0.2) is 53.0 Å². The van der Waals surface area contributed by atoms with Crippen molar-refractivity contribution in [1.82, 2.24) is 9.88 Å². The molecule has 0 N–H and O–H groups in total. The number of aromatic nitrogens is 1. The van der Waals surface area contributed by atoms with Gasteiger partial charge in [-0.1, -0.05) is 47.1 Å². The molecule has 4 rings (SSSR count). The maximum atomic E-state index is 13.1. The van der Waals surface area contributed by atoms with Gasteiger partial charge in [-0.15, -0.1) is 0 Å². The second-order valence-corrected chi connectivity index (χ2v) is 7.68. The zero-order valence-electron chi connectivity index (χ0n) is 14.8. The lowest BCUT2D eigenvalue weighted by Crippen LogP contribution is -2.27. The molecule has 1 saturated heterocycles. The maximum absolute atomic E-state index is 13.1. The van der Waals surface area contributed by atoms with Crippen LogP contribution in [0.25, 0.3) is 22.2 Å². The van der Waals surface area contributed by atoms with Gasteiger partial charge < -0.3 is 4.90 Å². The van der Waals surface area contributed by atoms with Crippen molar-refractivity contribution in [2.24, 2.45) is 0 Å². The molecule has 0 radical (unpaired) electrons. The van der Waals surface area contributed by atoms with E-state index >= 15 is 0 Å². The summed E-state index contributed by atoms with van der Waals surface area (Å²) in [6, 6.07) is 16.3. The summed E-state index contributed by atoms with van der Waals surface area (Å²) in [4.78, 5) is 19.9. The second-order valence-electron chi connectivity index (χ2n) is 6.77.